The molecule has 110 valence electrons. The Kier molecular flexibility index (Phi) is 4.62. The van der Waals surface area contributed by atoms with Crippen LogP contribution in [0.15, 0.2) is 34.7 Å². The van der Waals surface area contributed by atoms with Crippen LogP contribution in [0.2, 0.25) is 0 Å². The first-order valence-electron chi connectivity index (χ1n) is 6.85. The van der Waals surface area contributed by atoms with Gasteiger partial charge in [0.25, 0.3) is 0 Å². The lowest BCUT2D eigenvalue weighted by atomic mass is 10.1. The van der Waals surface area contributed by atoms with Crippen LogP contribution in [0.1, 0.15) is 24.5 Å². The van der Waals surface area contributed by atoms with Crippen LogP contribution in [0.3, 0.4) is 0 Å². The molecular formula is C15H22N2O2S. The lowest BCUT2D eigenvalue weighted by Gasteiger charge is -2.25. The van der Waals surface area contributed by atoms with Crippen molar-refractivity contribution in [2.75, 3.05) is 20.1 Å². The van der Waals surface area contributed by atoms with E-state index >= 15 is 0 Å². The molecule has 4 nitrogen and oxygen atoms in total. The number of hydrogen-bond acceptors (Lipinski definition) is 3. The molecule has 0 bridgehead atoms. The third-order valence-corrected chi connectivity index (χ3v) is 5.66. The average molecular weight is 294 g/mol. The van der Waals surface area contributed by atoms with Gasteiger partial charge < -0.3 is 5.32 Å². The van der Waals surface area contributed by atoms with E-state index in [2.05, 4.69) is 5.32 Å². The number of nitrogens with one attached hydrogen (secondary N) is 1. The maximum Gasteiger partial charge on any atom is 0.243 e. The third-order valence-electron chi connectivity index (χ3n) is 3.65. The summed E-state index contributed by atoms with van der Waals surface area (Å²) in [6, 6.07) is 5.63. The van der Waals surface area contributed by atoms with Crippen molar-refractivity contribution in [2.24, 2.45) is 0 Å². The van der Waals surface area contributed by atoms with Gasteiger partial charge in [-0.3, -0.25) is 0 Å². The average Bonchev–Trinajstić information content (AvgIpc) is 2.41. The highest BCUT2D eigenvalue weighted by molar-refractivity contribution is 7.89. The minimum absolute atomic E-state index is 0.429. The zero-order valence-electron chi connectivity index (χ0n) is 12.3. The van der Waals surface area contributed by atoms with E-state index in [9.17, 15) is 8.42 Å². The van der Waals surface area contributed by atoms with E-state index in [1.165, 1.54) is 5.57 Å². The minimum Gasteiger partial charge on any atom is -0.316 e. The summed E-state index contributed by atoms with van der Waals surface area (Å²) in [7, 11) is -1.54. The molecule has 1 aromatic rings. The van der Waals surface area contributed by atoms with Crippen molar-refractivity contribution in [3.63, 3.8) is 0 Å². The largest absolute Gasteiger partial charge is 0.316 e. The van der Waals surface area contributed by atoms with E-state index in [0.717, 1.165) is 17.5 Å². The highest BCUT2D eigenvalue weighted by atomic mass is 32.2. The van der Waals surface area contributed by atoms with Crippen molar-refractivity contribution in [1.82, 2.24) is 9.62 Å². The quantitative estimate of drug-likeness (QED) is 0.865. The van der Waals surface area contributed by atoms with E-state index in [1.807, 2.05) is 39.1 Å². The molecule has 2 rings (SSSR count). The Balaban J connectivity index is 2.36. The summed E-state index contributed by atoms with van der Waals surface area (Å²) in [4.78, 5) is 0.429. The van der Waals surface area contributed by atoms with Crippen molar-refractivity contribution in [3.8, 4) is 0 Å². The van der Waals surface area contributed by atoms with Crippen LogP contribution in [0, 0.1) is 6.92 Å². The maximum absolute atomic E-state index is 12.7. The van der Waals surface area contributed by atoms with E-state index in [1.54, 1.807) is 10.4 Å². The molecule has 1 aromatic carbocycles. The number of benzene rings is 1. The number of rotatable bonds is 4. The van der Waals surface area contributed by atoms with Crippen molar-refractivity contribution >= 4 is 10.0 Å². The van der Waals surface area contributed by atoms with Gasteiger partial charge in [-0.25, -0.2) is 8.42 Å². The number of sulfonamides is 1. The lowest BCUT2D eigenvalue weighted by molar-refractivity contribution is 0.431. The van der Waals surface area contributed by atoms with E-state index in [-0.39, 0.29) is 0 Å². The SMILES string of the molecule is CNCc1ccc(C)c(S(=O)(=O)N2CC=C(C)CC2)c1. The normalized spacial score (nSPS) is 17.1. The molecule has 0 radical (unpaired) electrons. The topological polar surface area (TPSA) is 49.4 Å². The van der Waals surface area contributed by atoms with Crippen LogP contribution < -0.4 is 5.32 Å². The van der Waals surface area contributed by atoms with Crippen molar-refractivity contribution < 1.29 is 8.42 Å². The molecule has 0 spiro atoms. The van der Waals surface area contributed by atoms with E-state index in [0.29, 0.717) is 24.5 Å². The summed E-state index contributed by atoms with van der Waals surface area (Å²) in [6.45, 7) is 5.61. The van der Waals surface area contributed by atoms with Gasteiger partial charge in [0.1, 0.15) is 0 Å². The summed E-state index contributed by atoms with van der Waals surface area (Å²) >= 11 is 0. The smallest absolute Gasteiger partial charge is 0.243 e. The van der Waals surface area contributed by atoms with Crippen LogP contribution in [-0.2, 0) is 16.6 Å². The van der Waals surface area contributed by atoms with Gasteiger partial charge in [0.15, 0.2) is 0 Å². The molecule has 1 aliphatic heterocycles. The molecule has 0 saturated carbocycles. The molecule has 0 aliphatic carbocycles. The molecule has 1 aliphatic rings. The number of aryl methyl sites for hydroxylation is 1. The van der Waals surface area contributed by atoms with Gasteiger partial charge in [-0.15, -0.1) is 0 Å². The first-order chi connectivity index (χ1) is 9.45. The van der Waals surface area contributed by atoms with Gasteiger partial charge >= 0.3 is 0 Å². The van der Waals surface area contributed by atoms with Gasteiger partial charge in [-0.1, -0.05) is 23.8 Å². The standard InChI is InChI=1S/C15H22N2O2S/c1-12-6-8-17(9-7-12)20(18,19)15-10-14(11-16-3)5-4-13(15)2/h4-6,10,16H,7-9,11H2,1-3H3. The summed E-state index contributed by atoms with van der Waals surface area (Å²) in [5, 5.41) is 3.05. The molecule has 0 aromatic heterocycles. The molecule has 0 amide bonds. The molecule has 0 saturated heterocycles. The Morgan fingerprint density at radius 1 is 1.30 bits per heavy atom. The summed E-state index contributed by atoms with van der Waals surface area (Å²) in [5.74, 6) is 0. The molecule has 5 heteroatoms. The fraction of sp³-hybridized carbons (Fsp3) is 0.467. The Labute approximate surface area is 121 Å². The highest BCUT2D eigenvalue weighted by Gasteiger charge is 2.26. The molecule has 20 heavy (non-hydrogen) atoms. The fourth-order valence-electron chi connectivity index (χ4n) is 2.35. The first-order valence-corrected chi connectivity index (χ1v) is 8.29. The van der Waals surface area contributed by atoms with Crippen LogP contribution >= 0.6 is 0 Å². The summed E-state index contributed by atoms with van der Waals surface area (Å²) < 4.78 is 27.1. The predicted molar refractivity (Wildman–Crippen MR) is 81.1 cm³/mol. The molecular weight excluding hydrogens is 272 g/mol. The Bertz CT molecular complexity index is 621. The van der Waals surface area contributed by atoms with Gasteiger partial charge in [0.2, 0.25) is 10.0 Å². The van der Waals surface area contributed by atoms with E-state index < -0.39 is 10.0 Å². The Morgan fingerprint density at radius 3 is 2.65 bits per heavy atom. The molecule has 0 atom stereocenters. The zero-order valence-corrected chi connectivity index (χ0v) is 13.1. The number of nitrogens with zero attached hydrogens (tertiary/aromatic N) is 1. The Hall–Kier alpha value is -1.17. The fourth-order valence-corrected chi connectivity index (χ4v) is 4.00. The Morgan fingerprint density at radius 2 is 2.05 bits per heavy atom. The van der Waals surface area contributed by atoms with Gasteiger partial charge in [-0.2, -0.15) is 4.31 Å². The molecule has 0 unspecified atom stereocenters. The molecule has 1 N–H and O–H groups in total. The second-order valence-electron chi connectivity index (χ2n) is 5.29. The monoisotopic (exact) mass is 294 g/mol. The summed E-state index contributed by atoms with van der Waals surface area (Å²) in [6.07, 6.45) is 2.81. The zero-order chi connectivity index (χ0) is 14.8. The van der Waals surface area contributed by atoms with Crippen LogP contribution in [0.5, 0.6) is 0 Å². The van der Waals surface area contributed by atoms with E-state index in [4.69, 9.17) is 0 Å². The minimum atomic E-state index is -3.40. The second-order valence-corrected chi connectivity index (χ2v) is 7.20. The third kappa shape index (κ3) is 3.11. The molecule has 1 heterocycles. The van der Waals surface area contributed by atoms with Crippen LogP contribution in [0.4, 0.5) is 0 Å². The van der Waals surface area contributed by atoms with Crippen molar-refractivity contribution in [3.05, 3.63) is 41.0 Å². The van der Waals surface area contributed by atoms with Crippen LogP contribution in [0.25, 0.3) is 0 Å². The molecule has 0 fully saturated rings. The van der Waals surface area contributed by atoms with Gasteiger partial charge in [-0.05, 0) is 44.5 Å². The maximum atomic E-state index is 12.7. The van der Waals surface area contributed by atoms with Gasteiger partial charge in [0, 0.05) is 19.6 Å². The van der Waals surface area contributed by atoms with Gasteiger partial charge in [0.05, 0.1) is 4.90 Å². The highest BCUT2D eigenvalue weighted by Crippen LogP contribution is 2.24. The van der Waals surface area contributed by atoms with Crippen LogP contribution in [-0.4, -0.2) is 32.9 Å². The summed E-state index contributed by atoms with van der Waals surface area (Å²) in [5.41, 5.74) is 3.05. The first kappa shape index (κ1) is 15.2. The number of hydrogen-bond donors (Lipinski definition) is 1. The second kappa shape index (κ2) is 6.08. The van der Waals surface area contributed by atoms with Crippen molar-refractivity contribution in [2.45, 2.75) is 31.7 Å². The predicted octanol–water partition coefficient (Wildman–Crippen LogP) is 2.06. The van der Waals surface area contributed by atoms with Crippen molar-refractivity contribution in [1.29, 1.82) is 0 Å². The lowest BCUT2D eigenvalue weighted by Crippen LogP contribution is -2.35.